The summed E-state index contributed by atoms with van der Waals surface area (Å²) in [6, 6.07) is 25.1. The van der Waals surface area contributed by atoms with Crippen LogP contribution in [0.3, 0.4) is 0 Å². The number of rotatable bonds is 2. The normalized spacial score (nSPS) is 17.8. The van der Waals surface area contributed by atoms with E-state index in [1.807, 2.05) is 78.9 Å². The second-order valence-corrected chi connectivity index (χ2v) is 8.29. The first-order valence-corrected chi connectivity index (χ1v) is 10.6. The lowest BCUT2D eigenvalue weighted by molar-refractivity contribution is 0.337. The van der Waals surface area contributed by atoms with Crippen LogP contribution in [0.5, 0.6) is 0 Å². The van der Waals surface area contributed by atoms with Crippen molar-refractivity contribution in [3.05, 3.63) is 127 Å². The Morgan fingerprint density at radius 1 is 0.656 bits per heavy atom. The van der Waals surface area contributed by atoms with Crippen molar-refractivity contribution in [1.29, 1.82) is 0 Å². The van der Waals surface area contributed by atoms with Crippen LogP contribution < -0.4 is 11.1 Å². The van der Waals surface area contributed by atoms with E-state index in [1.54, 1.807) is 14.0 Å². The van der Waals surface area contributed by atoms with Crippen molar-refractivity contribution in [2.75, 3.05) is 0 Å². The molecule has 0 saturated carbocycles. The Morgan fingerprint density at radius 3 is 1.72 bits per heavy atom. The lowest BCUT2D eigenvalue weighted by atomic mass is 9.77. The van der Waals surface area contributed by atoms with Crippen LogP contribution in [0.2, 0.25) is 0 Å². The number of nitrogens with zero attached hydrogens (tertiary/aromatic N) is 5. The minimum atomic E-state index is -0.365. The molecule has 4 heterocycles. The molecule has 0 radical (unpaired) electrons. The van der Waals surface area contributed by atoms with Crippen LogP contribution in [0.25, 0.3) is 11.0 Å². The molecule has 32 heavy (non-hydrogen) atoms. The predicted molar refractivity (Wildman–Crippen MR) is 119 cm³/mol. The van der Waals surface area contributed by atoms with Crippen LogP contribution in [-0.4, -0.2) is 24.4 Å². The van der Waals surface area contributed by atoms with Gasteiger partial charge in [-0.2, -0.15) is 0 Å². The van der Waals surface area contributed by atoms with Crippen molar-refractivity contribution < 1.29 is 0 Å². The lowest BCUT2D eigenvalue weighted by Crippen LogP contribution is -2.50. The largest absolute Gasteiger partial charge is 0.296 e. The van der Waals surface area contributed by atoms with E-state index in [0.29, 0.717) is 6.54 Å². The molecule has 2 aliphatic heterocycles. The van der Waals surface area contributed by atoms with E-state index in [2.05, 4.69) is 10.3 Å². The average molecular weight is 419 g/mol. The minimum absolute atomic E-state index is 0.115. The van der Waals surface area contributed by atoms with Crippen LogP contribution in [0.1, 0.15) is 39.9 Å². The maximum Gasteiger partial charge on any atom is 0.296 e. The summed E-state index contributed by atoms with van der Waals surface area (Å²) in [6.07, 6.45) is 0. The summed E-state index contributed by atoms with van der Waals surface area (Å²) >= 11 is 0. The highest BCUT2D eigenvalue weighted by atomic mass is 16.2. The molecule has 2 aromatic heterocycles. The highest BCUT2D eigenvalue weighted by Gasteiger charge is 2.43. The quantitative estimate of drug-likeness (QED) is 0.432. The zero-order chi connectivity index (χ0) is 21.4. The zero-order valence-electron chi connectivity index (χ0n) is 16.9. The van der Waals surface area contributed by atoms with Crippen LogP contribution in [-0.2, 0) is 6.54 Å². The zero-order valence-corrected chi connectivity index (χ0v) is 16.9. The van der Waals surface area contributed by atoms with Gasteiger partial charge in [0.15, 0.2) is 11.0 Å². The molecule has 0 spiro atoms. The summed E-state index contributed by atoms with van der Waals surface area (Å²) in [5.41, 5.74) is 5.01. The second kappa shape index (κ2) is 6.13. The van der Waals surface area contributed by atoms with Gasteiger partial charge in [-0.25, -0.2) is 14.0 Å². The van der Waals surface area contributed by atoms with E-state index in [4.69, 9.17) is 0 Å². The molecule has 3 aromatic carbocycles. The number of fused-ring (bicyclic) bond motifs is 1. The molecule has 7 heteroatoms. The van der Waals surface area contributed by atoms with Gasteiger partial charge < -0.3 is 0 Å². The first-order valence-electron chi connectivity index (χ1n) is 10.6. The SMILES string of the molecule is O=c1c2nnn(Cc3ccccc3)c2c(=O)n2n1C1c3ccccc3C2c2ccccc21. The van der Waals surface area contributed by atoms with Gasteiger partial charge in [0, 0.05) is 0 Å². The first-order chi connectivity index (χ1) is 15.7. The van der Waals surface area contributed by atoms with Crippen LogP contribution in [0.15, 0.2) is 88.5 Å². The first kappa shape index (κ1) is 17.4. The topological polar surface area (TPSA) is 74.7 Å². The highest BCUT2D eigenvalue weighted by Crippen LogP contribution is 2.47. The standard InChI is InChI=1S/C25H17N5O2/c31-24-20-23(28(27-26-20)14-15-8-2-1-3-9-15)25(32)30-22-18-12-6-4-10-16(18)21(29(24)30)17-11-5-7-13-19(17)22/h1-13,21-22H,14H2. The molecule has 0 saturated heterocycles. The third-order valence-electron chi connectivity index (χ3n) is 6.62. The lowest BCUT2D eigenvalue weighted by Gasteiger charge is -2.43. The van der Waals surface area contributed by atoms with Gasteiger partial charge in [-0.15, -0.1) is 5.10 Å². The van der Waals surface area contributed by atoms with Crippen LogP contribution in [0, 0.1) is 0 Å². The van der Waals surface area contributed by atoms with Crippen molar-refractivity contribution in [3.8, 4) is 0 Å². The summed E-state index contributed by atoms with van der Waals surface area (Å²) < 4.78 is 4.74. The molecule has 7 nitrogen and oxygen atoms in total. The molecule has 8 rings (SSSR count). The van der Waals surface area contributed by atoms with Gasteiger partial charge >= 0.3 is 0 Å². The van der Waals surface area contributed by atoms with Gasteiger partial charge in [0.2, 0.25) is 0 Å². The summed E-state index contributed by atoms with van der Waals surface area (Å²) in [5.74, 6) is 0. The van der Waals surface area contributed by atoms with Crippen molar-refractivity contribution in [3.63, 3.8) is 0 Å². The summed E-state index contributed by atoms with van der Waals surface area (Å²) in [7, 11) is 0. The summed E-state index contributed by atoms with van der Waals surface area (Å²) in [4.78, 5) is 27.6. The Balaban J connectivity index is 1.56. The Morgan fingerprint density at radius 2 is 1.16 bits per heavy atom. The van der Waals surface area contributed by atoms with Crippen molar-refractivity contribution >= 4 is 11.0 Å². The molecule has 3 aliphatic rings. The fraction of sp³-hybridized carbons (Fsp3) is 0.120. The number of aromatic nitrogens is 5. The Bertz CT molecular complexity index is 1610. The number of hydrogen-bond donors (Lipinski definition) is 0. The van der Waals surface area contributed by atoms with Crippen molar-refractivity contribution in [1.82, 2.24) is 24.4 Å². The minimum Gasteiger partial charge on any atom is -0.265 e. The van der Waals surface area contributed by atoms with Gasteiger partial charge in [0.1, 0.15) is 12.1 Å². The van der Waals surface area contributed by atoms with E-state index in [1.165, 1.54) is 0 Å². The Labute approximate surface area is 181 Å². The monoisotopic (exact) mass is 419 g/mol. The van der Waals surface area contributed by atoms with Gasteiger partial charge in [-0.3, -0.25) is 9.59 Å². The van der Waals surface area contributed by atoms with Crippen molar-refractivity contribution in [2.45, 2.75) is 18.6 Å². The average Bonchev–Trinajstić information content (AvgIpc) is 3.27. The maximum absolute atomic E-state index is 13.9. The van der Waals surface area contributed by atoms with E-state index in [0.717, 1.165) is 27.8 Å². The third kappa shape index (κ3) is 2.09. The third-order valence-corrected chi connectivity index (χ3v) is 6.62. The molecule has 1 aliphatic carbocycles. The van der Waals surface area contributed by atoms with Crippen LogP contribution in [0.4, 0.5) is 0 Å². The van der Waals surface area contributed by atoms with E-state index in [9.17, 15) is 9.59 Å². The Hall–Kier alpha value is -4.26. The smallest absolute Gasteiger partial charge is 0.265 e. The summed E-state index contributed by atoms with van der Waals surface area (Å²) in [5, 5.41) is 8.34. The van der Waals surface area contributed by atoms with Gasteiger partial charge in [0.25, 0.3) is 11.1 Å². The van der Waals surface area contributed by atoms with Crippen molar-refractivity contribution in [2.24, 2.45) is 0 Å². The van der Waals surface area contributed by atoms with Gasteiger partial charge in [0.05, 0.1) is 6.54 Å². The molecule has 5 aromatic rings. The molecule has 154 valence electrons. The molecular weight excluding hydrogens is 402 g/mol. The number of benzene rings is 3. The van der Waals surface area contributed by atoms with Crippen LogP contribution >= 0.6 is 0 Å². The second-order valence-electron chi connectivity index (χ2n) is 8.29. The fourth-order valence-electron chi connectivity index (χ4n) is 5.31. The van der Waals surface area contributed by atoms with Gasteiger partial charge in [-0.05, 0) is 27.8 Å². The van der Waals surface area contributed by atoms with E-state index >= 15 is 0 Å². The molecule has 0 unspecified atom stereocenters. The molecular formula is C25H17N5O2. The molecule has 0 atom stereocenters. The summed E-state index contributed by atoms with van der Waals surface area (Å²) in [6.45, 7) is 0.372. The van der Waals surface area contributed by atoms with E-state index < -0.39 is 0 Å². The number of hydrogen-bond acceptors (Lipinski definition) is 4. The predicted octanol–water partition coefficient (Wildman–Crippen LogP) is 2.71. The molecule has 0 fully saturated rings. The molecule has 0 N–H and O–H groups in total. The van der Waals surface area contributed by atoms with Gasteiger partial charge in [-0.1, -0.05) is 84.1 Å². The highest BCUT2D eigenvalue weighted by molar-refractivity contribution is 5.73. The van der Waals surface area contributed by atoms with E-state index in [-0.39, 0.29) is 34.2 Å². The maximum atomic E-state index is 13.9. The molecule has 2 bridgehead atoms. The molecule has 0 amide bonds. The Kier molecular flexibility index (Phi) is 3.34. The fourth-order valence-corrected chi connectivity index (χ4v) is 5.31.